The predicted molar refractivity (Wildman–Crippen MR) is 389 cm³/mol. The number of pyridine rings is 2. The normalized spacial score (nSPS) is 13.9. The molecule has 1 saturated heterocycles. The number of esters is 2. The van der Waals surface area contributed by atoms with Crippen molar-refractivity contribution in [1.82, 2.24) is 29.1 Å². The SMILES string of the molecule is COc1cc(OCC(C)(C)C(=O)OCc2ccccc2)ccc1-c1ccc(-c2nc(C(F)(F)F)cn2COCC[Si](C)(C)C)cn1.COc1cc(OCC(C)(C)C(=O)OCc2ccccc2)ccc1B1OC(C)(C)C(C)(C)O1.C[Si](C)(C)CCOCn1cc(C(F)(F)F)nc1-c1ccc(Br)nc1. The number of hydrogen-bond donors (Lipinski definition) is 0. The maximum Gasteiger partial charge on any atom is 0.498 e. The lowest BCUT2D eigenvalue weighted by Crippen LogP contribution is -2.41. The largest absolute Gasteiger partial charge is 0.498 e. The molecule has 0 unspecified atom stereocenters. The van der Waals surface area contributed by atoms with Gasteiger partial charge in [-0.05, 0) is 137 Å². The molecule has 0 spiro atoms. The van der Waals surface area contributed by atoms with Crippen molar-refractivity contribution in [2.75, 3.05) is 40.6 Å². The minimum atomic E-state index is -4.60. The summed E-state index contributed by atoms with van der Waals surface area (Å²) in [7, 11) is -0.0299. The molecular weight excluding hydrogens is 1430 g/mol. The molecule has 1 aliphatic rings. The maximum atomic E-state index is 13.5. The number of methoxy groups -OCH3 is 2. The van der Waals surface area contributed by atoms with Gasteiger partial charge in [-0.3, -0.25) is 14.6 Å². The highest BCUT2D eigenvalue weighted by Crippen LogP contribution is 2.39. The number of rotatable bonds is 28. The maximum absolute atomic E-state index is 13.5. The van der Waals surface area contributed by atoms with Gasteiger partial charge in [0.1, 0.15) is 79.1 Å². The van der Waals surface area contributed by atoms with Gasteiger partial charge in [0, 0.05) is 88.4 Å². The molecule has 550 valence electrons. The molecule has 0 aliphatic carbocycles. The third-order valence-corrected chi connectivity index (χ3v) is 20.4. The number of ether oxygens (including phenoxy) is 8. The average molecular weight is 1520 g/mol. The fourth-order valence-corrected chi connectivity index (χ4v) is 11.2. The van der Waals surface area contributed by atoms with Crippen molar-refractivity contribution >= 4 is 56.6 Å². The van der Waals surface area contributed by atoms with E-state index in [0.29, 0.717) is 63.2 Å². The number of halogens is 7. The van der Waals surface area contributed by atoms with Crippen LogP contribution in [0.15, 0.2) is 151 Å². The third kappa shape index (κ3) is 23.8. The molecule has 0 N–H and O–H groups in total. The molecular formula is C74H92BBrF6N6O12Si2. The van der Waals surface area contributed by atoms with E-state index in [1.165, 1.54) is 28.6 Å². The molecule has 5 heterocycles. The number of alkyl halides is 6. The van der Waals surface area contributed by atoms with Crippen LogP contribution in [0.3, 0.4) is 0 Å². The smallest absolute Gasteiger partial charge is 0.497 e. The molecule has 8 aromatic rings. The molecule has 0 bridgehead atoms. The van der Waals surface area contributed by atoms with Gasteiger partial charge in [-0.25, -0.2) is 15.0 Å². The lowest BCUT2D eigenvalue weighted by atomic mass is 9.78. The molecule has 9 rings (SSSR count). The number of hydrogen-bond acceptors (Lipinski definition) is 16. The summed E-state index contributed by atoms with van der Waals surface area (Å²) in [5.74, 6) is 1.75. The van der Waals surface area contributed by atoms with Crippen molar-refractivity contribution in [2.24, 2.45) is 10.8 Å². The van der Waals surface area contributed by atoms with E-state index in [1.807, 2.05) is 100 Å². The van der Waals surface area contributed by atoms with Crippen LogP contribution in [0.1, 0.15) is 77.9 Å². The molecule has 0 saturated carbocycles. The number of aromatic nitrogens is 6. The summed E-state index contributed by atoms with van der Waals surface area (Å²) in [5, 5.41) is 0. The van der Waals surface area contributed by atoms with E-state index >= 15 is 0 Å². The zero-order valence-corrected chi connectivity index (χ0v) is 64.3. The summed E-state index contributed by atoms with van der Waals surface area (Å²) >= 11 is 3.20. The van der Waals surface area contributed by atoms with Gasteiger partial charge in [0.15, 0.2) is 11.4 Å². The van der Waals surface area contributed by atoms with Gasteiger partial charge in [-0.2, -0.15) is 26.3 Å². The Morgan fingerprint density at radius 2 is 0.980 bits per heavy atom. The van der Waals surface area contributed by atoms with Gasteiger partial charge in [0.05, 0.1) is 41.9 Å². The Morgan fingerprint density at radius 3 is 1.37 bits per heavy atom. The fraction of sp³-hybridized carbons (Fsp3) is 0.432. The van der Waals surface area contributed by atoms with Gasteiger partial charge in [0.25, 0.3) is 0 Å². The van der Waals surface area contributed by atoms with Crippen LogP contribution in [0, 0.1) is 10.8 Å². The number of carbonyl (C=O) groups excluding carboxylic acids is 2. The highest BCUT2D eigenvalue weighted by Gasteiger charge is 2.52. The zero-order valence-electron chi connectivity index (χ0n) is 60.7. The summed E-state index contributed by atoms with van der Waals surface area (Å²) < 4.78 is 140. The molecule has 4 aromatic carbocycles. The van der Waals surface area contributed by atoms with Crippen LogP contribution in [-0.4, -0.2) is 116 Å². The van der Waals surface area contributed by atoms with Gasteiger partial charge >= 0.3 is 31.4 Å². The van der Waals surface area contributed by atoms with Crippen molar-refractivity contribution in [3.8, 4) is 57.0 Å². The molecule has 1 aliphatic heterocycles. The minimum absolute atomic E-state index is 0.0267. The standard InChI is InChI=1S/C34H40F3N3O5Si.C25H33BO6.C15H19BrF3N3OSi/c1-33(2,32(41)44-21-24-10-8-7-9-11-24)22-45-26-13-14-27(29(18-26)42-3)28-15-12-25(19-38-28)31-39-30(34(35,36)37)20-40(31)23-43-16-17-46(4,5)6;1-23(2,22(27)29-16-18-11-9-8-10-12-18)17-30-19-13-14-20(21(15-19)28-7)26-31-24(3,4)25(5,6)32-26;1-24(2,3)7-6-23-10-22-9-12(15(17,18)19)21-14(22)11-4-5-13(16)20-8-11/h7-15,18-20H,16-17,21-23H2,1-6H3;8-15H,16-17H2,1-7H3;4-5,8-9H,6-7,10H2,1-3H3. The molecule has 18 nitrogen and oxygen atoms in total. The summed E-state index contributed by atoms with van der Waals surface area (Å²) in [6.45, 7) is 30.0. The molecule has 4 aromatic heterocycles. The van der Waals surface area contributed by atoms with Crippen molar-refractivity contribution in [2.45, 2.75) is 157 Å². The molecule has 102 heavy (non-hydrogen) atoms. The molecule has 28 heteroatoms. The van der Waals surface area contributed by atoms with Gasteiger partial charge < -0.3 is 56.3 Å². The number of carbonyl (C=O) groups is 2. The molecule has 0 radical (unpaired) electrons. The van der Waals surface area contributed by atoms with Gasteiger partial charge in [0.2, 0.25) is 0 Å². The van der Waals surface area contributed by atoms with Crippen LogP contribution < -0.4 is 24.4 Å². The number of benzene rings is 4. The van der Waals surface area contributed by atoms with Crippen molar-refractivity contribution < 1.29 is 83.1 Å². The van der Waals surface area contributed by atoms with E-state index in [1.54, 1.807) is 83.3 Å². The zero-order chi connectivity index (χ0) is 75.1. The Kier molecular flexibility index (Phi) is 27.6. The average Bonchev–Trinajstić information content (AvgIpc) is 1.62. The van der Waals surface area contributed by atoms with Crippen LogP contribution in [0.25, 0.3) is 34.0 Å². The van der Waals surface area contributed by atoms with Crippen LogP contribution in [0.5, 0.6) is 23.0 Å². The fourth-order valence-electron chi connectivity index (χ4n) is 9.44. The number of nitrogens with zero attached hydrogens (tertiary/aromatic N) is 6. The van der Waals surface area contributed by atoms with Crippen molar-refractivity contribution in [1.29, 1.82) is 0 Å². The van der Waals surface area contributed by atoms with E-state index in [9.17, 15) is 35.9 Å². The van der Waals surface area contributed by atoms with Crippen LogP contribution in [-0.2, 0) is 76.9 Å². The topological polar surface area (TPSA) is 188 Å². The Bertz CT molecular complexity index is 4000. The first-order valence-corrected chi connectivity index (χ1v) is 41.3. The second kappa shape index (κ2) is 34.6. The Hall–Kier alpha value is -7.86. The van der Waals surface area contributed by atoms with E-state index in [0.717, 1.165) is 41.1 Å². The van der Waals surface area contributed by atoms with Crippen molar-refractivity contribution in [3.05, 3.63) is 173 Å². The first-order chi connectivity index (χ1) is 47.7. The lowest BCUT2D eigenvalue weighted by Gasteiger charge is -2.32. The quantitative estimate of drug-likeness (QED) is 0.0148. The Morgan fingerprint density at radius 1 is 0.559 bits per heavy atom. The highest BCUT2D eigenvalue weighted by molar-refractivity contribution is 9.10. The predicted octanol–water partition coefficient (Wildman–Crippen LogP) is 17.3. The van der Waals surface area contributed by atoms with Gasteiger partial charge in [-0.1, -0.05) is 106 Å². The summed E-state index contributed by atoms with van der Waals surface area (Å²) in [5.41, 5.74) is 0.198. The van der Waals surface area contributed by atoms with E-state index in [4.69, 9.17) is 47.2 Å². The van der Waals surface area contributed by atoms with Crippen molar-refractivity contribution in [3.63, 3.8) is 0 Å². The highest BCUT2D eigenvalue weighted by atomic mass is 79.9. The lowest BCUT2D eigenvalue weighted by molar-refractivity contribution is -0.157. The first kappa shape index (κ1) is 81.4. The molecule has 0 amide bonds. The monoisotopic (exact) mass is 1520 g/mol. The summed E-state index contributed by atoms with van der Waals surface area (Å²) in [6.07, 6.45) is -4.20. The summed E-state index contributed by atoms with van der Waals surface area (Å²) in [4.78, 5) is 41.4. The van der Waals surface area contributed by atoms with E-state index in [2.05, 4.69) is 75.1 Å². The van der Waals surface area contributed by atoms with Crippen LogP contribution in [0.4, 0.5) is 26.3 Å². The Balaban J connectivity index is 0.000000227. The number of imidazole rings is 2. The summed E-state index contributed by atoms with van der Waals surface area (Å²) in [6, 6.07) is 38.2. The van der Waals surface area contributed by atoms with Gasteiger partial charge in [-0.15, -0.1) is 0 Å². The second-order valence-corrected chi connectivity index (χ2v) is 41.2. The third-order valence-electron chi connectivity index (χ3n) is 16.5. The van der Waals surface area contributed by atoms with E-state index in [-0.39, 0.29) is 63.5 Å². The van der Waals surface area contributed by atoms with Crippen LogP contribution in [0.2, 0.25) is 51.4 Å². The molecule has 1 fully saturated rings. The second-order valence-electron chi connectivity index (χ2n) is 29.2. The Labute approximate surface area is 604 Å². The molecule has 0 atom stereocenters. The van der Waals surface area contributed by atoms with E-state index < -0.39 is 69.0 Å². The first-order valence-electron chi connectivity index (χ1n) is 33.1. The minimum Gasteiger partial charge on any atom is -0.497 e. The van der Waals surface area contributed by atoms with Crippen LogP contribution >= 0.6 is 15.9 Å².